The molecule has 1 atom stereocenters. The van der Waals surface area contributed by atoms with E-state index in [1.165, 1.54) is 4.80 Å². The highest BCUT2D eigenvalue weighted by Crippen LogP contribution is 2.22. The Bertz CT molecular complexity index is 884. The van der Waals surface area contributed by atoms with Crippen molar-refractivity contribution >= 4 is 39.9 Å². The fraction of sp³-hybridized carbons (Fsp3) is 0.214. The number of rotatable bonds is 4. The van der Waals surface area contributed by atoms with Crippen LogP contribution in [0.3, 0.4) is 0 Å². The van der Waals surface area contributed by atoms with Gasteiger partial charge < -0.3 is 5.43 Å². The molecule has 10 heteroatoms. The Morgan fingerprint density at radius 2 is 2.08 bits per heavy atom. The van der Waals surface area contributed by atoms with Gasteiger partial charge in [-0.3, -0.25) is 4.68 Å². The molecule has 0 radical (unpaired) electrons. The summed E-state index contributed by atoms with van der Waals surface area (Å²) in [6.45, 7) is 0.674. The van der Waals surface area contributed by atoms with E-state index < -0.39 is 0 Å². The maximum atomic E-state index is 5.96. The van der Waals surface area contributed by atoms with Crippen LogP contribution < -0.4 is 5.43 Å². The van der Waals surface area contributed by atoms with E-state index in [4.69, 9.17) is 11.6 Å². The molecule has 0 fully saturated rings. The Kier molecular flexibility index (Phi) is 4.19. The van der Waals surface area contributed by atoms with Gasteiger partial charge in [0.15, 0.2) is 0 Å². The number of hydrogen-bond donors (Lipinski definition) is 1. The van der Waals surface area contributed by atoms with E-state index in [0.717, 1.165) is 16.8 Å². The van der Waals surface area contributed by atoms with Gasteiger partial charge in [-0.25, -0.2) is 0 Å². The lowest BCUT2D eigenvalue weighted by molar-refractivity contribution is 0.561. The number of hydrogen-bond acceptors (Lipinski definition) is 6. The number of alkyl halides is 1. The molecule has 3 heterocycles. The molecule has 1 aliphatic rings. The monoisotopic (exact) mass is 454 g/mol. The van der Waals surface area contributed by atoms with Gasteiger partial charge in [-0.2, -0.15) is 15.0 Å². The molecule has 0 saturated heterocycles. The lowest BCUT2D eigenvalue weighted by atomic mass is 10.0. The normalized spacial score (nSPS) is 16.9. The Hall–Kier alpha value is -2.01. The predicted octanol–water partition coefficient (Wildman–Crippen LogP) is 2.13. The average Bonchev–Trinajstić information content (AvgIpc) is 3.34. The van der Waals surface area contributed by atoms with Gasteiger partial charge in [-0.1, -0.05) is 46.3 Å². The first-order valence-electron chi connectivity index (χ1n) is 7.19. The van der Waals surface area contributed by atoms with E-state index in [2.05, 4.69) is 53.6 Å². The zero-order valence-corrected chi connectivity index (χ0v) is 15.3. The van der Waals surface area contributed by atoms with Crippen LogP contribution in [-0.4, -0.2) is 42.2 Å². The van der Waals surface area contributed by atoms with Crippen molar-refractivity contribution in [3.05, 3.63) is 47.2 Å². The summed E-state index contributed by atoms with van der Waals surface area (Å²) in [6, 6.07) is 7.63. The number of aromatic nitrogens is 6. The number of tetrazole rings is 1. The molecule has 0 saturated carbocycles. The van der Waals surface area contributed by atoms with Crippen LogP contribution in [0.25, 0.3) is 11.4 Å². The second kappa shape index (κ2) is 6.48. The first-order chi connectivity index (χ1) is 11.7. The van der Waals surface area contributed by atoms with E-state index in [1.54, 1.807) is 6.20 Å². The van der Waals surface area contributed by atoms with Crippen LogP contribution in [-0.2, 0) is 4.55 Å². The predicted molar refractivity (Wildman–Crippen MR) is 98.1 cm³/mol. The van der Waals surface area contributed by atoms with Crippen molar-refractivity contribution in [3.8, 4) is 11.4 Å². The van der Waals surface area contributed by atoms with Crippen LogP contribution in [0.1, 0.15) is 11.6 Å². The van der Waals surface area contributed by atoms with Gasteiger partial charge in [0, 0.05) is 16.8 Å². The van der Waals surface area contributed by atoms with Crippen LogP contribution in [0.2, 0.25) is 5.02 Å². The molecule has 3 aromatic rings. The summed E-state index contributed by atoms with van der Waals surface area (Å²) >= 11 is 8.14. The summed E-state index contributed by atoms with van der Waals surface area (Å²) < 4.78 is 2.52. The molecule has 24 heavy (non-hydrogen) atoms. The Morgan fingerprint density at radius 3 is 2.83 bits per heavy atom. The van der Waals surface area contributed by atoms with Crippen molar-refractivity contribution in [2.24, 2.45) is 5.10 Å². The second-order valence-electron chi connectivity index (χ2n) is 5.20. The van der Waals surface area contributed by atoms with Crippen molar-refractivity contribution < 1.29 is 0 Å². The average molecular weight is 455 g/mol. The fourth-order valence-corrected chi connectivity index (χ4v) is 2.93. The van der Waals surface area contributed by atoms with Crippen LogP contribution in [0, 0.1) is 0 Å². The Balaban J connectivity index is 1.61. The first-order valence-corrected chi connectivity index (χ1v) is 9.09. The zero-order valence-electron chi connectivity index (χ0n) is 12.3. The number of hydrazone groups is 1. The SMILES string of the molecule is Clc1ccc(C2=NNCC2n2cc(-c3nnn(CI)n3)cn2)cc1. The van der Waals surface area contributed by atoms with Crippen LogP contribution in [0.5, 0.6) is 0 Å². The second-order valence-corrected chi connectivity index (χ2v) is 6.31. The molecule has 0 amide bonds. The maximum Gasteiger partial charge on any atom is 0.208 e. The van der Waals surface area contributed by atoms with Gasteiger partial charge in [0.25, 0.3) is 0 Å². The van der Waals surface area contributed by atoms with Gasteiger partial charge in [-0.05, 0) is 17.3 Å². The molecule has 4 rings (SSSR count). The van der Waals surface area contributed by atoms with Gasteiger partial charge >= 0.3 is 0 Å². The van der Waals surface area contributed by atoms with Crippen LogP contribution in [0.4, 0.5) is 0 Å². The van der Waals surface area contributed by atoms with Crippen molar-refractivity contribution in [1.29, 1.82) is 0 Å². The third kappa shape index (κ3) is 2.88. The topological polar surface area (TPSA) is 85.8 Å². The van der Waals surface area contributed by atoms with Crippen molar-refractivity contribution in [1.82, 2.24) is 35.4 Å². The summed E-state index contributed by atoms with van der Waals surface area (Å²) in [5.74, 6) is 0.564. The zero-order chi connectivity index (χ0) is 16.5. The number of nitrogens with one attached hydrogen (secondary N) is 1. The standard InChI is InChI=1S/C14H12ClIN8/c15-11-3-1-9(2-4-11)13-12(6-17-19-13)23-7-10(5-18-23)14-20-22-24(8-16)21-14/h1-5,7,12,17H,6,8H2. The third-order valence-electron chi connectivity index (χ3n) is 3.68. The first kappa shape index (κ1) is 15.5. The van der Waals surface area contributed by atoms with Crippen molar-refractivity contribution in [2.45, 2.75) is 10.6 Å². The van der Waals surface area contributed by atoms with E-state index in [9.17, 15) is 0 Å². The Labute approximate surface area is 156 Å². The summed E-state index contributed by atoms with van der Waals surface area (Å²) in [4.78, 5) is 1.53. The van der Waals surface area contributed by atoms with Crippen LogP contribution in [0.15, 0.2) is 41.8 Å². The molecule has 0 spiro atoms. The molecule has 1 N–H and O–H groups in total. The molecular weight excluding hydrogens is 443 g/mol. The summed E-state index contributed by atoms with van der Waals surface area (Å²) in [6.07, 6.45) is 3.66. The Morgan fingerprint density at radius 1 is 1.25 bits per heavy atom. The van der Waals surface area contributed by atoms with Gasteiger partial charge in [0.2, 0.25) is 5.82 Å². The molecule has 0 bridgehead atoms. The minimum atomic E-state index is -0.000421. The van der Waals surface area contributed by atoms with Gasteiger partial charge in [-0.15, -0.1) is 10.2 Å². The quantitative estimate of drug-likeness (QED) is 0.482. The maximum absolute atomic E-state index is 5.96. The lowest BCUT2D eigenvalue weighted by Crippen LogP contribution is -2.21. The molecular formula is C14H12ClIN8. The minimum absolute atomic E-state index is 0.000421. The summed E-state index contributed by atoms with van der Waals surface area (Å²) in [5, 5.41) is 21.9. The number of halogens is 2. The fourth-order valence-electron chi connectivity index (χ4n) is 2.52. The van der Waals surface area contributed by atoms with E-state index in [1.807, 2.05) is 35.1 Å². The van der Waals surface area contributed by atoms with Crippen molar-refractivity contribution in [3.63, 3.8) is 0 Å². The van der Waals surface area contributed by atoms with Crippen molar-refractivity contribution in [2.75, 3.05) is 6.54 Å². The smallest absolute Gasteiger partial charge is 0.208 e. The molecule has 1 aliphatic heterocycles. The molecule has 1 unspecified atom stereocenters. The summed E-state index contributed by atoms with van der Waals surface area (Å²) in [7, 11) is 0. The highest BCUT2D eigenvalue weighted by molar-refractivity contribution is 14.1. The number of benzene rings is 1. The minimum Gasteiger partial charge on any atom is -0.307 e. The highest BCUT2D eigenvalue weighted by atomic mass is 127. The van der Waals surface area contributed by atoms with E-state index in [-0.39, 0.29) is 6.04 Å². The van der Waals surface area contributed by atoms with E-state index in [0.29, 0.717) is 21.9 Å². The van der Waals surface area contributed by atoms with E-state index >= 15 is 0 Å². The molecule has 0 aliphatic carbocycles. The number of nitrogens with zero attached hydrogens (tertiary/aromatic N) is 7. The van der Waals surface area contributed by atoms with Gasteiger partial charge in [0.05, 0.1) is 24.0 Å². The largest absolute Gasteiger partial charge is 0.307 e. The molecule has 8 nitrogen and oxygen atoms in total. The molecule has 1 aromatic carbocycles. The van der Waals surface area contributed by atoms with Gasteiger partial charge in [0.1, 0.15) is 10.6 Å². The lowest BCUT2D eigenvalue weighted by Gasteiger charge is -2.12. The molecule has 122 valence electrons. The third-order valence-corrected chi connectivity index (χ3v) is 4.54. The highest BCUT2D eigenvalue weighted by Gasteiger charge is 2.25. The molecule has 2 aromatic heterocycles. The van der Waals surface area contributed by atoms with Crippen LogP contribution >= 0.6 is 34.2 Å². The summed E-state index contributed by atoms with van der Waals surface area (Å²) in [5.41, 5.74) is 5.80.